The normalized spacial score (nSPS) is 14.6. The van der Waals surface area contributed by atoms with Crippen molar-refractivity contribution < 1.29 is 29.0 Å². The summed E-state index contributed by atoms with van der Waals surface area (Å²) in [4.78, 5) is 37.0. The number of ether oxygens (including phenoxy) is 2. The molecule has 1 rings (SSSR count). The van der Waals surface area contributed by atoms with Gasteiger partial charge in [-0.15, -0.1) is 0 Å². The van der Waals surface area contributed by atoms with E-state index < -0.39 is 17.9 Å². The Hall–Kier alpha value is -1.83. The first-order chi connectivity index (χ1) is 9.49. The van der Waals surface area contributed by atoms with E-state index in [2.05, 4.69) is 0 Å². The van der Waals surface area contributed by atoms with Crippen molar-refractivity contribution in [2.75, 3.05) is 46.5 Å². The van der Waals surface area contributed by atoms with Gasteiger partial charge in [0.15, 0.2) is 0 Å². The Balaban J connectivity index is 2.52. The number of carboxylic acids is 1. The van der Waals surface area contributed by atoms with Crippen LogP contribution in [-0.4, -0.2) is 79.4 Å². The van der Waals surface area contributed by atoms with Gasteiger partial charge < -0.3 is 24.4 Å². The number of likely N-dealkylation sites (tertiary alicyclic amines) is 1. The lowest BCUT2D eigenvalue weighted by Crippen LogP contribution is -2.58. The summed E-state index contributed by atoms with van der Waals surface area (Å²) < 4.78 is 9.70. The Kier molecular flexibility index (Phi) is 6.23. The summed E-state index contributed by atoms with van der Waals surface area (Å²) in [6, 6.07) is -0.368. The second-order valence-corrected chi connectivity index (χ2v) is 4.44. The molecule has 0 bridgehead atoms. The van der Waals surface area contributed by atoms with Gasteiger partial charge in [0.25, 0.3) is 0 Å². The number of rotatable bonds is 7. The monoisotopic (exact) mass is 288 g/mol. The van der Waals surface area contributed by atoms with Gasteiger partial charge in [-0.25, -0.2) is 4.79 Å². The average molecular weight is 288 g/mol. The molecule has 0 unspecified atom stereocenters. The second kappa shape index (κ2) is 7.68. The molecule has 1 aliphatic rings. The van der Waals surface area contributed by atoms with E-state index in [0.717, 1.165) is 0 Å². The standard InChI is InChI=1S/C12H20N2O6/c1-3-20-10(15)8-13(4-5-19-2)12(18)14-6-9(7-14)11(16)17/h9H,3-8H2,1-2H3,(H,16,17). The van der Waals surface area contributed by atoms with Crippen molar-refractivity contribution in [1.29, 1.82) is 0 Å². The predicted octanol–water partition coefficient (Wildman–Crippen LogP) is -0.366. The van der Waals surface area contributed by atoms with Gasteiger partial charge in [-0.2, -0.15) is 0 Å². The molecule has 0 radical (unpaired) electrons. The second-order valence-electron chi connectivity index (χ2n) is 4.44. The smallest absolute Gasteiger partial charge is 0.325 e. The Morgan fingerprint density at radius 2 is 2.00 bits per heavy atom. The van der Waals surface area contributed by atoms with E-state index in [1.165, 1.54) is 16.9 Å². The number of amides is 2. The van der Waals surface area contributed by atoms with Crippen LogP contribution in [0.4, 0.5) is 4.79 Å². The Labute approximate surface area is 117 Å². The largest absolute Gasteiger partial charge is 0.481 e. The van der Waals surface area contributed by atoms with Crippen LogP contribution in [0, 0.1) is 5.92 Å². The first kappa shape index (κ1) is 16.2. The molecule has 114 valence electrons. The third-order valence-electron chi connectivity index (χ3n) is 2.96. The summed E-state index contributed by atoms with van der Waals surface area (Å²) >= 11 is 0. The minimum absolute atomic E-state index is 0.162. The Bertz CT molecular complexity index is 367. The maximum absolute atomic E-state index is 12.1. The maximum atomic E-state index is 12.1. The molecular formula is C12H20N2O6. The zero-order chi connectivity index (χ0) is 15.1. The van der Waals surface area contributed by atoms with Crippen LogP contribution in [0.15, 0.2) is 0 Å². The van der Waals surface area contributed by atoms with Crippen molar-refractivity contribution in [2.24, 2.45) is 5.92 Å². The van der Waals surface area contributed by atoms with Crippen LogP contribution in [0.1, 0.15) is 6.92 Å². The van der Waals surface area contributed by atoms with Crippen LogP contribution in [-0.2, 0) is 19.1 Å². The number of carbonyl (C=O) groups is 3. The van der Waals surface area contributed by atoms with Gasteiger partial charge in [0.2, 0.25) is 0 Å². The number of esters is 1. The van der Waals surface area contributed by atoms with Crippen LogP contribution in [0.2, 0.25) is 0 Å². The molecule has 8 nitrogen and oxygen atoms in total. The van der Waals surface area contributed by atoms with Crippen molar-refractivity contribution in [2.45, 2.75) is 6.92 Å². The molecule has 1 N–H and O–H groups in total. The van der Waals surface area contributed by atoms with Gasteiger partial charge in [-0.1, -0.05) is 0 Å². The van der Waals surface area contributed by atoms with Crippen molar-refractivity contribution in [3.8, 4) is 0 Å². The minimum atomic E-state index is -0.914. The highest BCUT2D eigenvalue weighted by atomic mass is 16.5. The number of carboxylic acid groups (broad SMARTS) is 1. The van der Waals surface area contributed by atoms with Crippen molar-refractivity contribution >= 4 is 18.0 Å². The van der Waals surface area contributed by atoms with E-state index >= 15 is 0 Å². The topological polar surface area (TPSA) is 96.4 Å². The van der Waals surface area contributed by atoms with Crippen LogP contribution < -0.4 is 0 Å². The van der Waals surface area contributed by atoms with E-state index in [4.69, 9.17) is 14.6 Å². The van der Waals surface area contributed by atoms with Crippen LogP contribution in [0.5, 0.6) is 0 Å². The van der Waals surface area contributed by atoms with E-state index in [0.29, 0.717) is 6.61 Å². The third-order valence-corrected chi connectivity index (χ3v) is 2.96. The van der Waals surface area contributed by atoms with E-state index in [1.807, 2.05) is 0 Å². The molecule has 8 heteroatoms. The SMILES string of the molecule is CCOC(=O)CN(CCOC)C(=O)N1CC(C(=O)O)C1. The summed E-state index contributed by atoms with van der Waals surface area (Å²) in [6.07, 6.45) is 0. The number of methoxy groups -OCH3 is 1. The number of carbonyl (C=O) groups excluding carboxylic acids is 2. The Morgan fingerprint density at radius 3 is 2.50 bits per heavy atom. The molecule has 0 aromatic carbocycles. The predicted molar refractivity (Wildman–Crippen MR) is 68.2 cm³/mol. The maximum Gasteiger partial charge on any atom is 0.325 e. The molecule has 1 heterocycles. The molecule has 1 fully saturated rings. The highest BCUT2D eigenvalue weighted by Gasteiger charge is 2.37. The van der Waals surface area contributed by atoms with Gasteiger partial charge in [-0.05, 0) is 6.92 Å². The van der Waals surface area contributed by atoms with E-state index in [-0.39, 0.29) is 38.8 Å². The molecule has 0 aromatic rings. The fourth-order valence-corrected chi connectivity index (χ4v) is 1.80. The van der Waals surface area contributed by atoms with Crippen molar-refractivity contribution in [3.05, 3.63) is 0 Å². The van der Waals surface area contributed by atoms with Gasteiger partial charge in [0.05, 0.1) is 19.1 Å². The fraction of sp³-hybridized carbons (Fsp3) is 0.750. The molecule has 1 saturated heterocycles. The molecule has 1 aliphatic heterocycles. The lowest BCUT2D eigenvalue weighted by molar-refractivity contribution is -0.147. The zero-order valence-electron chi connectivity index (χ0n) is 11.7. The summed E-state index contributed by atoms with van der Waals surface area (Å²) in [7, 11) is 1.50. The molecule has 0 aromatic heterocycles. The molecule has 0 saturated carbocycles. The zero-order valence-corrected chi connectivity index (χ0v) is 11.7. The molecule has 0 spiro atoms. The molecule has 2 amide bonds. The Morgan fingerprint density at radius 1 is 1.35 bits per heavy atom. The van der Waals surface area contributed by atoms with Crippen LogP contribution in [0.25, 0.3) is 0 Å². The van der Waals surface area contributed by atoms with Gasteiger partial charge in [-0.3, -0.25) is 9.59 Å². The number of nitrogens with zero attached hydrogens (tertiary/aromatic N) is 2. The third kappa shape index (κ3) is 4.37. The molecule has 0 atom stereocenters. The number of urea groups is 1. The molecule has 0 aliphatic carbocycles. The summed E-state index contributed by atoms with van der Waals surface area (Å²) in [5.74, 6) is -1.93. The number of hydrogen-bond donors (Lipinski definition) is 1. The fourth-order valence-electron chi connectivity index (χ4n) is 1.80. The highest BCUT2D eigenvalue weighted by Crippen LogP contribution is 2.17. The summed E-state index contributed by atoms with van der Waals surface area (Å²) in [5, 5.41) is 8.78. The minimum Gasteiger partial charge on any atom is -0.481 e. The lowest BCUT2D eigenvalue weighted by Gasteiger charge is -2.39. The number of hydrogen-bond acceptors (Lipinski definition) is 5. The van der Waals surface area contributed by atoms with E-state index in [1.54, 1.807) is 6.92 Å². The number of aliphatic carboxylic acids is 1. The highest BCUT2D eigenvalue weighted by molar-refractivity contribution is 5.83. The van der Waals surface area contributed by atoms with E-state index in [9.17, 15) is 14.4 Å². The van der Waals surface area contributed by atoms with Gasteiger partial charge >= 0.3 is 18.0 Å². The summed E-state index contributed by atoms with van der Waals surface area (Å²) in [6.45, 7) is 2.65. The average Bonchev–Trinajstić information content (AvgIpc) is 2.32. The van der Waals surface area contributed by atoms with Crippen molar-refractivity contribution in [1.82, 2.24) is 9.80 Å². The first-order valence-electron chi connectivity index (χ1n) is 6.40. The first-order valence-corrected chi connectivity index (χ1v) is 6.40. The van der Waals surface area contributed by atoms with Crippen LogP contribution in [0.3, 0.4) is 0 Å². The van der Waals surface area contributed by atoms with Gasteiger partial charge in [0.1, 0.15) is 6.54 Å². The van der Waals surface area contributed by atoms with Gasteiger partial charge in [0, 0.05) is 26.7 Å². The van der Waals surface area contributed by atoms with Crippen LogP contribution >= 0.6 is 0 Å². The van der Waals surface area contributed by atoms with Crippen molar-refractivity contribution in [3.63, 3.8) is 0 Å². The molecular weight excluding hydrogens is 268 g/mol. The summed E-state index contributed by atoms with van der Waals surface area (Å²) in [5.41, 5.74) is 0. The molecule has 20 heavy (non-hydrogen) atoms. The quantitative estimate of drug-likeness (QED) is 0.642. The lowest BCUT2D eigenvalue weighted by atomic mass is 10.0.